The molecule has 0 saturated heterocycles. The van der Waals surface area contributed by atoms with E-state index in [2.05, 4.69) is 4.74 Å². The van der Waals surface area contributed by atoms with Gasteiger partial charge in [0.15, 0.2) is 11.5 Å². The first-order chi connectivity index (χ1) is 8.08. The molecule has 0 spiro atoms. The highest BCUT2D eigenvalue weighted by molar-refractivity contribution is 5.43. The zero-order chi connectivity index (χ0) is 12.8. The van der Waals surface area contributed by atoms with Crippen molar-refractivity contribution in [3.05, 3.63) is 23.8 Å². The maximum Gasteiger partial charge on any atom is 0.387 e. The number of aliphatic hydroxyl groups is 1. The highest BCUT2D eigenvalue weighted by Gasteiger charge is 2.14. The fourth-order valence-electron chi connectivity index (χ4n) is 1.41. The third-order valence-corrected chi connectivity index (χ3v) is 2.23. The first kappa shape index (κ1) is 13.7. The molecule has 6 heteroatoms. The van der Waals surface area contributed by atoms with Crippen LogP contribution < -0.4 is 15.2 Å². The van der Waals surface area contributed by atoms with E-state index in [1.165, 1.54) is 19.2 Å². The van der Waals surface area contributed by atoms with E-state index in [0.717, 1.165) is 0 Å². The van der Waals surface area contributed by atoms with Crippen LogP contribution in [0.25, 0.3) is 0 Å². The zero-order valence-corrected chi connectivity index (χ0v) is 9.40. The average molecular weight is 247 g/mol. The number of hydrogen-bond donors (Lipinski definition) is 2. The van der Waals surface area contributed by atoms with E-state index in [4.69, 9.17) is 10.5 Å². The minimum absolute atomic E-state index is 0.101. The topological polar surface area (TPSA) is 64.7 Å². The van der Waals surface area contributed by atoms with E-state index >= 15 is 0 Å². The van der Waals surface area contributed by atoms with Gasteiger partial charge >= 0.3 is 6.61 Å². The van der Waals surface area contributed by atoms with Crippen molar-refractivity contribution in [1.29, 1.82) is 0 Å². The lowest BCUT2D eigenvalue weighted by Gasteiger charge is -2.14. The lowest BCUT2D eigenvalue weighted by Crippen LogP contribution is -2.08. The monoisotopic (exact) mass is 247 g/mol. The fraction of sp³-hybridized carbons (Fsp3) is 0.455. The van der Waals surface area contributed by atoms with Gasteiger partial charge < -0.3 is 20.3 Å². The van der Waals surface area contributed by atoms with Gasteiger partial charge in [-0.25, -0.2) is 0 Å². The third-order valence-electron chi connectivity index (χ3n) is 2.23. The van der Waals surface area contributed by atoms with Gasteiger partial charge in [0.2, 0.25) is 0 Å². The van der Waals surface area contributed by atoms with Crippen molar-refractivity contribution in [1.82, 2.24) is 0 Å². The van der Waals surface area contributed by atoms with Crippen LogP contribution in [0.3, 0.4) is 0 Å². The molecular formula is C11H15F2NO3. The summed E-state index contributed by atoms with van der Waals surface area (Å²) in [5, 5.41) is 9.68. The molecule has 0 aliphatic rings. The van der Waals surface area contributed by atoms with Crippen LogP contribution in [0.15, 0.2) is 18.2 Å². The molecule has 0 aromatic heterocycles. The summed E-state index contributed by atoms with van der Waals surface area (Å²) in [6.45, 7) is -2.64. The van der Waals surface area contributed by atoms with Crippen LogP contribution in [-0.2, 0) is 0 Å². The van der Waals surface area contributed by atoms with E-state index in [0.29, 0.717) is 18.5 Å². The molecule has 0 heterocycles. The molecule has 0 amide bonds. The summed E-state index contributed by atoms with van der Waals surface area (Å²) in [7, 11) is 1.35. The number of alkyl halides is 2. The van der Waals surface area contributed by atoms with E-state index < -0.39 is 12.7 Å². The lowest BCUT2D eigenvalue weighted by atomic mass is 10.1. The number of aliphatic hydroxyl groups excluding tert-OH is 1. The van der Waals surface area contributed by atoms with Crippen LogP contribution in [0.5, 0.6) is 11.5 Å². The molecule has 0 aliphatic carbocycles. The van der Waals surface area contributed by atoms with Gasteiger partial charge in [-0.3, -0.25) is 0 Å². The van der Waals surface area contributed by atoms with Crippen molar-refractivity contribution in [3.8, 4) is 11.5 Å². The molecule has 0 bridgehead atoms. The Balaban J connectivity index is 2.95. The molecule has 3 N–H and O–H groups in total. The molecule has 1 aromatic rings. The molecule has 0 saturated carbocycles. The highest BCUT2D eigenvalue weighted by atomic mass is 19.3. The molecule has 1 aromatic carbocycles. The lowest BCUT2D eigenvalue weighted by molar-refractivity contribution is -0.0513. The normalized spacial score (nSPS) is 12.6. The second-order valence-electron chi connectivity index (χ2n) is 3.38. The molecule has 0 fully saturated rings. The van der Waals surface area contributed by atoms with Crippen molar-refractivity contribution in [3.63, 3.8) is 0 Å². The fourth-order valence-corrected chi connectivity index (χ4v) is 1.41. The van der Waals surface area contributed by atoms with E-state index in [1.54, 1.807) is 6.07 Å². The Kier molecular flexibility index (Phi) is 5.11. The summed E-state index contributed by atoms with van der Waals surface area (Å²) in [5.74, 6) is 0.0880. The Labute approximate surface area is 97.9 Å². The number of hydrogen-bond acceptors (Lipinski definition) is 4. The van der Waals surface area contributed by atoms with Gasteiger partial charge in [-0.1, -0.05) is 6.07 Å². The Hall–Kier alpha value is -1.40. The van der Waals surface area contributed by atoms with Gasteiger partial charge in [0.1, 0.15) is 0 Å². The van der Waals surface area contributed by atoms with Crippen molar-refractivity contribution in [2.45, 2.75) is 19.1 Å². The SMILES string of the molecule is COc1ccc(C(O)CCN)cc1OC(F)F. The summed E-state index contributed by atoms with van der Waals surface area (Å²) >= 11 is 0. The van der Waals surface area contributed by atoms with E-state index in [1.807, 2.05) is 0 Å². The van der Waals surface area contributed by atoms with Crippen LogP contribution in [0.1, 0.15) is 18.1 Å². The standard InChI is InChI=1S/C11H15F2NO3/c1-16-9-3-2-7(8(15)4-5-14)6-10(9)17-11(12)13/h2-3,6,8,11,15H,4-5,14H2,1H3. The van der Waals surface area contributed by atoms with E-state index in [9.17, 15) is 13.9 Å². The number of nitrogens with two attached hydrogens (primary N) is 1. The number of ether oxygens (including phenoxy) is 2. The van der Waals surface area contributed by atoms with Gasteiger partial charge in [0, 0.05) is 0 Å². The minimum atomic E-state index is -2.94. The van der Waals surface area contributed by atoms with Gasteiger partial charge in [-0.05, 0) is 30.7 Å². The molecule has 1 atom stereocenters. The molecule has 17 heavy (non-hydrogen) atoms. The number of benzene rings is 1. The number of rotatable bonds is 6. The Morgan fingerprint density at radius 1 is 1.35 bits per heavy atom. The Morgan fingerprint density at radius 3 is 2.59 bits per heavy atom. The number of methoxy groups -OCH3 is 1. The van der Waals surface area contributed by atoms with Crippen LogP contribution >= 0.6 is 0 Å². The summed E-state index contributed by atoms with van der Waals surface area (Å²) < 4.78 is 33.5. The molecule has 1 rings (SSSR count). The molecular weight excluding hydrogens is 232 g/mol. The van der Waals surface area contributed by atoms with E-state index in [-0.39, 0.29) is 11.5 Å². The van der Waals surface area contributed by atoms with Gasteiger partial charge in [-0.15, -0.1) is 0 Å². The Bertz CT molecular complexity index is 361. The minimum Gasteiger partial charge on any atom is -0.493 e. The molecule has 0 radical (unpaired) electrons. The summed E-state index contributed by atoms with van der Waals surface area (Å²) in [5.41, 5.74) is 5.77. The number of halogens is 2. The Morgan fingerprint density at radius 2 is 2.06 bits per heavy atom. The molecule has 0 aliphatic heterocycles. The predicted octanol–water partition coefficient (Wildman–Crippen LogP) is 1.68. The second kappa shape index (κ2) is 6.36. The van der Waals surface area contributed by atoms with Crippen molar-refractivity contribution in [2.24, 2.45) is 5.73 Å². The van der Waals surface area contributed by atoms with Crippen LogP contribution in [0.4, 0.5) is 8.78 Å². The van der Waals surface area contributed by atoms with Crippen LogP contribution in [0.2, 0.25) is 0 Å². The summed E-state index contributed by atoms with van der Waals surface area (Å²) in [6.07, 6.45) is -0.452. The van der Waals surface area contributed by atoms with Crippen LogP contribution in [0, 0.1) is 0 Å². The maximum absolute atomic E-state index is 12.2. The maximum atomic E-state index is 12.2. The van der Waals surface area contributed by atoms with Crippen LogP contribution in [-0.4, -0.2) is 25.4 Å². The average Bonchev–Trinajstić information content (AvgIpc) is 2.28. The zero-order valence-electron chi connectivity index (χ0n) is 9.40. The smallest absolute Gasteiger partial charge is 0.387 e. The molecule has 4 nitrogen and oxygen atoms in total. The van der Waals surface area contributed by atoms with Gasteiger partial charge in [0.25, 0.3) is 0 Å². The summed E-state index contributed by atoms with van der Waals surface area (Å²) in [6, 6.07) is 4.37. The van der Waals surface area contributed by atoms with Crippen molar-refractivity contribution < 1.29 is 23.4 Å². The molecule has 96 valence electrons. The molecule has 1 unspecified atom stereocenters. The van der Waals surface area contributed by atoms with Crippen molar-refractivity contribution in [2.75, 3.05) is 13.7 Å². The predicted molar refractivity (Wildman–Crippen MR) is 58.3 cm³/mol. The van der Waals surface area contributed by atoms with Gasteiger partial charge in [0.05, 0.1) is 13.2 Å². The summed E-state index contributed by atoms with van der Waals surface area (Å²) in [4.78, 5) is 0. The highest BCUT2D eigenvalue weighted by Crippen LogP contribution is 2.32. The first-order valence-electron chi connectivity index (χ1n) is 5.09. The van der Waals surface area contributed by atoms with Gasteiger partial charge in [-0.2, -0.15) is 8.78 Å². The second-order valence-corrected chi connectivity index (χ2v) is 3.38. The largest absolute Gasteiger partial charge is 0.493 e. The van der Waals surface area contributed by atoms with Crippen molar-refractivity contribution >= 4 is 0 Å². The quantitative estimate of drug-likeness (QED) is 0.802. The first-order valence-corrected chi connectivity index (χ1v) is 5.09. The third kappa shape index (κ3) is 3.83.